The molecular formula is C17H20N2O2. The Kier molecular flexibility index (Phi) is 3.55. The SMILES string of the molecule is CNCc1cc(Oc2cccc3c2OC(C)(C)C3)ccn1. The lowest BCUT2D eigenvalue weighted by Gasteiger charge is -2.18. The topological polar surface area (TPSA) is 43.4 Å². The molecule has 0 saturated carbocycles. The van der Waals surface area contributed by atoms with Gasteiger partial charge in [0.15, 0.2) is 11.5 Å². The number of hydrogen-bond donors (Lipinski definition) is 1. The minimum atomic E-state index is -0.169. The molecule has 3 rings (SSSR count). The maximum Gasteiger partial charge on any atom is 0.169 e. The van der Waals surface area contributed by atoms with Crippen molar-refractivity contribution in [1.29, 1.82) is 0 Å². The van der Waals surface area contributed by atoms with Crippen molar-refractivity contribution >= 4 is 0 Å². The van der Waals surface area contributed by atoms with Crippen LogP contribution in [0.5, 0.6) is 17.2 Å². The number of benzene rings is 1. The molecule has 0 amide bonds. The first-order valence-corrected chi connectivity index (χ1v) is 7.16. The van der Waals surface area contributed by atoms with Gasteiger partial charge in [-0.2, -0.15) is 0 Å². The van der Waals surface area contributed by atoms with Gasteiger partial charge in [0.1, 0.15) is 11.4 Å². The van der Waals surface area contributed by atoms with Crippen molar-refractivity contribution < 1.29 is 9.47 Å². The van der Waals surface area contributed by atoms with E-state index in [0.717, 1.165) is 29.4 Å². The summed E-state index contributed by atoms with van der Waals surface area (Å²) in [6.07, 6.45) is 2.66. The average Bonchev–Trinajstić information content (AvgIpc) is 2.75. The van der Waals surface area contributed by atoms with Crippen LogP contribution in [-0.4, -0.2) is 17.6 Å². The van der Waals surface area contributed by atoms with Crippen molar-refractivity contribution in [2.75, 3.05) is 7.05 Å². The molecule has 0 unspecified atom stereocenters. The molecule has 1 aliphatic heterocycles. The predicted molar refractivity (Wildman–Crippen MR) is 81.9 cm³/mol. The normalized spacial score (nSPS) is 15.4. The molecule has 1 N–H and O–H groups in total. The molecule has 0 spiro atoms. The molecule has 0 fully saturated rings. The molecule has 110 valence electrons. The predicted octanol–water partition coefficient (Wildman–Crippen LogP) is 3.31. The summed E-state index contributed by atoms with van der Waals surface area (Å²) in [4.78, 5) is 4.29. The van der Waals surface area contributed by atoms with Crippen LogP contribution in [0.25, 0.3) is 0 Å². The van der Waals surface area contributed by atoms with Crippen molar-refractivity contribution in [2.45, 2.75) is 32.4 Å². The van der Waals surface area contributed by atoms with E-state index in [-0.39, 0.29) is 5.60 Å². The number of rotatable bonds is 4. The van der Waals surface area contributed by atoms with Gasteiger partial charge in [-0.15, -0.1) is 0 Å². The number of pyridine rings is 1. The molecule has 2 aromatic rings. The first-order valence-electron chi connectivity index (χ1n) is 7.16. The number of aromatic nitrogens is 1. The van der Waals surface area contributed by atoms with E-state index in [9.17, 15) is 0 Å². The molecule has 4 nitrogen and oxygen atoms in total. The van der Waals surface area contributed by atoms with Crippen LogP contribution < -0.4 is 14.8 Å². The highest BCUT2D eigenvalue weighted by Crippen LogP contribution is 2.43. The third kappa shape index (κ3) is 3.00. The van der Waals surface area contributed by atoms with E-state index in [1.807, 2.05) is 31.3 Å². The fourth-order valence-electron chi connectivity index (χ4n) is 2.59. The molecule has 1 aliphatic rings. The Hall–Kier alpha value is -2.07. The Bertz CT molecular complexity index is 653. The van der Waals surface area contributed by atoms with E-state index < -0.39 is 0 Å². The quantitative estimate of drug-likeness (QED) is 0.935. The fourth-order valence-corrected chi connectivity index (χ4v) is 2.59. The Morgan fingerprint density at radius 2 is 2.19 bits per heavy atom. The van der Waals surface area contributed by atoms with Gasteiger partial charge in [-0.1, -0.05) is 12.1 Å². The van der Waals surface area contributed by atoms with Crippen LogP contribution in [0.3, 0.4) is 0 Å². The lowest BCUT2D eigenvalue weighted by atomic mass is 10.0. The Morgan fingerprint density at radius 1 is 1.33 bits per heavy atom. The van der Waals surface area contributed by atoms with Crippen molar-refractivity contribution in [3.05, 3.63) is 47.8 Å². The molecule has 0 atom stereocenters. The highest BCUT2D eigenvalue weighted by Gasteiger charge is 2.32. The molecule has 1 aromatic carbocycles. The number of para-hydroxylation sites is 1. The largest absolute Gasteiger partial charge is 0.483 e. The summed E-state index contributed by atoms with van der Waals surface area (Å²) >= 11 is 0. The molecule has 0 saturated heterocycles. The monoisotopic (exact) mass is 284 g/mol. The van der Waals surface area contributed by atoms with Gasteiger partial charge in [0.2, 0.25) is 0 Å². The zero-order valence-corrected chi connectivity index (χ0v) is 12.6. The van der Waals surface area contributed by atoms with E-state index in [1.54, 1.807) is 6.20 Å². The summed E-state index contributed by atoms with van der Waals surface area (Å²) in [5, 5.41) is 3.08. The van der Waals surface area contributed by atoms with Crippen LogP contribution in [0.4, 0.5) is 0 Å². The van der Waals surface area contributed by atoms with Crippen molar-refractivity contribution in [1.82, 2.24) is 10.3 Å². The van der Waals surface area contributed by atoms with Crippen LogP contribution in [0.2, 0.25) is 0 Å². The second-order valence-corrected chi connectivity index (χ2v) is 5.90. The average molecular weight is 284 g/mol. The molecule has 0 aliphatic carbocycles. The molecule has 0 radical (unpaired) electrons. The molecule has 1 aromatic heterocycles. The Balaban J connectivity index is 1.87. The van der Waals surface area contributed by atoms with E-state index >= 15 is 0 Å². The summed E-state index contributed by atoms with van der Waals surface area (Å²) in [5.74, 6) is 2.39. The van der Waals surface area contributed by atoms with Crippen LogP contribution in [0.1, 0.15) is 25.1 Å². The maximum atomic E-state index is 6.02. The first-order chi connectivity index (χ1) is 10.1. The number of hydrogen-bond acceptors (Lipinski definition) is 4. The lowest BCUT2D eigenvalue weighted by molar-refractivity contribution is 0.135. The highest BCUT2D eigenvalue weighted by atomic mass is 16.5. The Labute approximate surface area is 125 Å². The highest BCUT2D eigenvalue weighted by molar-refractivity contribution is 5.51. The third-order valence-corrected chi connectivity index (χ3v) is 3.43. The van der Waals surface area contributed by atoms with Gasteiger partial charge in [0, 0.05) is 30.8 Å². The van der Waals surface area contributed by atoms with Gasteiger partial charge in [-0.25, -0.2) is 0 Å². The Morgan fingerprint density at radius 3 is 3.00 bits per heavy atom. The molecule has 2 heterocycles. The standard InChI is InChI=1S/C17H20N2O2/c1-17(2)10-12-5-4-6-15(16(12)21-17)20-14-7-8-19-13(9-14)11-18-3/h4-9,18H,10-11H2,1-3H3. The maximum absolute atomic E-state index is 6.02. The zero-order valence-electron chi connectivity index (χ0n) is 12.6. The van der Waals surface area contributed by atoms with E-state index in [1.165, 1.54) is 5.56 Å². The van der Waals surface area contributed by atoms with E-state index in [0.29, 0.717) is 6.54 Å². The summed E-state index contributed by atoms with van der Waals surface area (Å²) in [6, 6.07) is 9.84. The number of nitrogens with zero attached hydrogens (tertiary/aromatic N) is 1. The van der Waals surface area contributed by atoms with Gasteiger partial charge in [-0.05, 0) is 33.0 Å². The van der Waals surface area contributed by atoms with E-state index in [2.05, 4.69) is 30.2 Å². The van der Waals surface area contributed by atoms with Crippen LogP contribution in [0.15, 0.2) is 36.5 Å². The van der Waals surface area contributed by atoms with Crippen molar-refractivity contribution in [3.63, 3.8) is 0 Å². The minimum Gasteiger partial charge on any atom is -0.483 e. The van der Waals surface area contributed by atoms with Gasteiger partial charge < -0.3 is 14.8 Å². The zero-order chi connectivity index (χ0) is 14.9. The summed E-state index contributed by atoms with van der Waals surface area (Å²) in [7, 11) is 1.90. The molecule has 0 bridgehead atoms. The number of fused-ring (bicyclic) bond motifs is 1. The van der Waals surface area contributed by atoms with E-state index in [4.69, 9.17) is 9.47 Å². The molecule has 4 heteroatoms. The van der Waals surface area contributed by atoms with Crippen molar-refractivity contribution in [2.24, 2.45) is 0 Å². The lowest BCUT2D eigenvalue weighted by Crippen LogP contribution is -2.24. The summed E-state index contributed by atoms with van der Waals surface area (Å²) in [5.41, 5.74) is 1.97. The molecular weight excluding hydrogens is 264 g/mol. The summed E-state index contributed by atoms with van der Waals surface area (Å²) < 4.78 is 12.0. The minimum absolute atomic E-state index is 0.169. The number of ether oxygens (including phenoxy) is 2. The van der Waals surface area contributed by atoms with Crippen LogP contribution in [-0.2, 0) is 13.0 Å². The van der Waals surface area contributed by atoms with Crippen LogP contribution in [0, 0.1) is 0 Å². The first kappa shape index (κ1) is 13.9. The van der Waals surface area contributed by atoms with Gasteiger partial charge in [-0.3, -0.25) is 4.98 Å². The fraction of sp³-hybridized carbons (Fsp3) is 0.353. The smallest absolute Gasteiger partial charge is 0.169 e. The molecule has 21 heavy (non-hydrogen) atoms. The summed E-state index contributed by atoms with van der Waals surface area (Å²) in [6.45, 7) is 4.90. The van der Waals surface area contributed by atoms with Gasteiger partial charge in [0.25, 0.3) is 0 Å². The second-order valence-electron chi connectivity index (χ2n) is 5.90. The second kappa shape index (κ2) is 5.37. The van der Waals surface area contributed by atoms with Gasteiger partial charge in [0.05, 0.1) is 5.69 Å². The van der Waals surface area contributed by atoms with Crippen molar-refractivity contribution in [3.8, 4) is 17.2 Å². The number of nitrogens with one attached hydrogen (secondary N) is 1. The van der Waals surface area contributed by atoms with Gasteiger partial charge >= 0.3 is 0 Å². The third-order valence-electron chi connectivity index (χ3n) is 3.43. The van der Waals surface area contributed by atoms with Crippen LogP contribution >= 0.6 is 0 Å².